The number of rotatable bonds is 4. The van der Waals surface area contributed by atoms with E-state index in [0.29, 0.717) is 5.82 Å². The third-order valence-corrected chi connectivity index (χ3v) is 6.75. The van der Waals surface area contributed by atoms with E-state index in [1.54, 1.807) is 0 Å². The van der Waals surface area contributed by atoms with Gasteiger partial charge in [-0.15, -0.1) is 0 Å². The number of pyridine rings is 2. The van der Waals surface area contributed by atoms with Crippen LogP contribution >= 0.6 is 0 Å². The number of nitrogens with zero attached hydrogens (tertiary/aromatic N) is 4. The maximum atomic E-state index is 5.00. The third kappa shape index (κ3) is 4.18. The van der Waals surface area contributed by atoms with Crippen molar-refractivity contribution >= 4 is 21.8 Å². The molecule has 4 nitrogen and oxygen atoms in total. The van der Waals surface area contributed by atoms with Gasteiger partial charge in [-0.05, 0) is 41.5 Å². The van der Waals surface area contributed by atoms with Gasteiger partial charge in [0.25, 0.3) is 0 Å². The van der Waals surface area contributed by atoms with E-state index in [-0.39, 0.29) is 0 Å². The van der Waals surface area contributed by atoms with E-state index in [2.05, 4.69) is 82.8 Å². The summed E-state index contributed by atoms with van der Waals surface area (Å²) >= 11 is 0. The molecule has 0 aliphatic heterocycles. The average molecular weight is 487 g/mol. The number of aromatic nitrogens is 4. The zero-order valence-corrected chi connectivity index (χ0v) is 20.5. The molecule has 0 radical (unpaired) electrons. The van der Waals surface area contributed by atoms with Crippen LogP contribution in [0.3, 0.4) is 0 Å². The molecule has 4 aromatic carbocycles. The van der Waals surface area contributed by atoms with Crippen LogP contribution in [-0.2, 0) is 0 Å². The molecule has 0 saturated heterocycles. The van der Waals surface area contributed by atoms with E-state index in [9.17, 15) is 0 Å². The zero-order valence-electron chi connectivity index (χ0n) is 20.5. The van der Waals surface area contributed by atoms with Crippen LogP contribution in [0.4, 0.5) is 0 Å². The molecule has 178 valence electrons. The summed E-state index contributed by atoms with van der Waals surface area (Å²) in [5, 5.41) is 2.13. The minimum absolute atomic E-state index is 0.635. The van der Waals surface area contributed by atoms with Crippen LogP contribution < -0.4 is 0 Å². The smallest absolute Gasteiger partial charge is 0.161 e. The van der Waals surface area contributed by atoms with Crippen molar-refractivity contribution < 1.29 is 0 Å². The Kier molecular flexibility index (Phi) is 5.41. The van der Waals surface area contributed by atoms with E-state index >= 15 is 0 Å². The second kappa shape index (κ2) is 9.34. The summed E-state index contributed by atoms with van der Waals surface area (Å²) in [5.74, 6) is 0.635. The van der Waals surface area contributed by atoms with Crippen LogP contribution in [0.1, 0.15) is 0 Å². The molecular weight excluding hydrogens is 464 g/mol. The van der Waals surface area contributed by atoms with Crippen molar-refractivity contribution in [2.24, 2.45) is 0 Å². The predicted molar refractivity (Wildman–Crippen MR) is 154 cm³/mol. The fourth-order valence-electron chi connectivity index (χ4n) is 4.74. The summed E-state index contributed by atoms with van der Waals surface area (Å²) in [6.45, 7) is 0. The molecule has 0 unspecified atom stereocenters. The molecule has 0 atom stereocenters. The van der Waals surface area contributed by atoms with E-state index in [1.807, 2.05) is 60.9 Å². The highest BCUT2D eigenvalue weighted by Gasteiger charge is 2.13. The average Bonchev–Trinajstić information content (AvgIpc) is 3.01. The first-order chi connectivity index (χ1) is 18.8. The Balaban J connectivity index is 1.38. The fourth-order valence-corrected chi connectivity index (χ4v) is 4.74. The molecular formula is C34H22N4. The van der Waals surface area contributed by atoms with Crippen molar-refractivity contribution in [3.63, 3.8) is 0 Å². The highest BCUT2D eigenvalue weighted by atomic mass is 14.9. The van der Waals surface area contributed by atoms with Crippen molar-refractivity contribution in [1.29, 1.82) is 0 Å². The van der Waals surface area contributed by atoms with Gasteiger partial charge in [-0.1, -0.05) is 91.0 Å². The standard InChI is InChI=1S/C34H22N4/c1-2-8-23(9-3-1)24-14-16-25(17-15-24)32-20-33(28-18-26-10-4-6-12-30(26)35-21-28)38-34(37-32)29-19-27-11-5-7-13-31(27)36-22-29/h1-22H. The van der Waals surface area contributed by atoms with Crippen molar-refractivity contribution in [3.05, 3.63) is 134 Å². The first-order valence-corrected chi connectivity index (χ1v) is 12.6. The molecule has 0 bridgehead atoms. The first-order valence-electron chi connectivity index (χ1n) is 12.6. The number of hydrogen-bond acceptors (Lipinski definition) is 4. The molecule has 0 amide bonds. The van der Waals surface area contributed by atoms with Crippen molar-refractivity contribution in [2.75, 3.05) is 0 Å². The highest BCUT2D eigenvalue weighted by molar-refractivity contribution is 5.85. The Morgan fingerprint density at radius 3 is 1.55 bits per heavy atom. The number of benzene rings is 4. The van der Waals surface area contributed by atoms with Gasteiger partial charge in [0.1, 0.15) is 0 Å². The largest absolute Gasteiger partial charge is 0.256 e. The second-order valence-electron chi connectivity index (χ2n) is 9.24. The van der Waals surface area contributed by atoms with Gasteiger partial charge in [-0.3, -0.25) is 9.97 Å². The van der Waals surface area contributed by atoms with E-state index in [0.717, 1.165) is 49.9 Å². The van der Waals surface area contributed by atoms with Crippen LogP contribution in [-0.4, -0.2) is 19.9 Å². The quantitative estimate of drug-likeness (QED) is 0.251. The molecule has 0 saturated carbocycles. The molecule has 38 heavy (non-hydrogen) atoms. The number of para-hydroxylation sites is 2. The van der Waals surface area contributed by atoms with E-state index in [1.165, 1.54) is 11.1 Å². The van der Waals surface area contributed by atoms with Crippen LogP contribution in [0.25, 0.3) is 66.8 Å². The Morgan fingerprint density at radius 1 is 0.368 bits per heavy atom. The van der Waals surface area contributed by atoms with Gasteiger partial charge in [0.15, 0.2) is 5.82 Å². The topological polar surface area (TPSA) is 51.6 Å². The zero-order chi connectivity index (χ0) is 25.3. The summed E-state index contributed by atoms with van der Waals surface area (Å²) in [6.07, 6.45) is 3.73. The lowest BCUT2D eigenvalue weighted by Crippen LogP contribution is -1.97. The molecule has 3 heterocycles. The lowest BCUT2D eigenvalue weighted by Gasteiger charge is -2.11. The van der Waals surface area contributed by atoms with Gasteiger partial charge < -0.3 is 0 Å². The third-order valence-electron chi connectivity index (χ3n) is 6.75. The highest BCUT2D eigenvalue weighted by Crippen LogP contribution is 2.30. The molecule has 0 aliphatic rings. The van der Waals surface area contributed by atoms with Gasteiger partial charge >= 0.3 is 0 Å². The summed E-state index contributed by atoms with van der Waals surface area (Å²) in [7, 11) is 0. The van der Waals surface area contributed by atoms with Gasteiger partial charge in [0.05, 0.1) is 22.4 Å². The van der Waals surface area contributed by atoms with E-state index in [4.69, 9.17) is 9.97 Å². The van der Waals surface area contributed by atoms with Gasteiger partial charge in [-0.2, -0.15) is 0 Å². The summed E-state index contributed by atoms with van der Waals surface area (Å²) < 4.78 is 0. The Morgan fingerprint density at radius 2 is 0.868 bits per heavy atom. The maximum absolute atomic E-state index is 5.00. The lowest BCUT2D eigenvalue weighted by atomic mass is 10.0. The summed E-state index contributed by atoms with van der Waals surface area (Å²) in [4.78, 5) is 19.3. The van der Waals surface area contributed by atoms with Gasteiger partial charge in [0.2, 0.25) is 0 Å². The van der Waals surface area contributed by atoms with Crippen LogP contribution in [0, 0.1) is 0 Å². The molecule has 0 aliphatic carbocycles. The predicted octanol–water partition coefficient (Wildman–Crippen LogP) is 8.24. The maximum Gasteiger partial charge on any atom is 0.161 e. The fraction of sp³-hybridized carbons (Fsp3) is 0. The van der Waals surface area contributed by atoms with Crippen molar-refractivity contribution in [2.45, 2.75) is 0 Å². The summed E-state index contributed by atoms with van der Waals surface area (Å²) in [6, 6.07) is 41.4. The van der Waals surface area contributed by atoms with Crippen molar-refractivity contribution in [3.8, 4) is 45.0 Å². The molecule has 7 aromatic rings. The molecule has 7 rings (SSSR count). The van der Waals surface area contributed by atoms with Crippen LogP contribution in [0.15, 0.2) is 134 Å². The summed E-state index contributed by atoms with van der Waals surface area (Å²) in [5.41, 5.74) is 8.79. The Hall–Kier alpha value is -5.22. The minimum Gasteiger partial charge on any atom is -0.256 e. The Bertz CT molecular complexity index is 1810. The monoisotopic (exact) mass is 486 g/mol. The molecule has 4 heteroatoms. The second-order valence-corrected chi connectivity index (χ2v) is 9.24. The van der Waals surface area contributed by atoms with Gasteiger partial charge in [0, 0.05) is 39.9 Å². The van der Waals surface area contributed by atoms with Crippen molar-refractivity contribution in [1.82, 2.24) is 19.9 Å². The molecule has 0 N–H and O–H groups in total. The van der Waals surface area contributed by atoms with E-state index < -0.39 is 0 Å². The molecule has 0 spiro atoms. The first kappa shape index (κ1) is 22.0. The molecule has 3 aromatic heterocycles. The van der Waals surface area contributed by atoms with Gasteiger partial charge in [-0.25, -0.2) is 9.97 Å². The number of fused-ring (bicyclic) bond motifs is 2. The lowest BCUT2D eigenvalue weighted by molar-refractivity contribution is 1.17. The SMILES string of the molecule is c1ccc(-c2ccc(-c3cc(-c4cnc5ccccc5c4)nc(-c4cnc5ccccc5c4)n3)cc2)cc1. The minimum atomic E-state index is 0.635. The molecule has 0 fully saturated rings. The van der Waals surface area contributed by atoms with Crippen LogP contribution in [0.5, 0.6) is 0 Å². The van der Waals surface area contributed by atoms with Crippen LogP contribution in [0.2, 0.25) is 0 Å². The number of hydrogen-bond donors (Lipinski definition) is 0. The normalized spacial score (nSPS) is 11.2. The Labute approximate surface area is 220 Å².